The smallest absolute Gasteiger partial charge is 0.0506 e. The minimum Gasteiger partial charge on any atom is -0.272 e. The van der Waals surface area contributed by atoms with Crippen LogP contribution in [0.3, 0.4) is 0 Å². The van der Waals surface area contributed by atoms with Crippen molar-refractivity contribution in [3.63, 3.8) is 0 Å². The van der Waals surface area contributed by atoms with Crippen molar-refractivity contribution in [3.8, 4) is 0 Å². The molecule has 1 aromatic rings. The Bertz CT molecular complexity index is 193. The molecule has 1 heterocycles. The Hall–Kier alpha value is -0.0600. The van der Waals surface area contributed by atoms with E-state index in [0.717, 1.165) is 0 Å². The maximum absolute atomic E-state index is 4.05. The van der Waals surface area contributed by atoms with Crippen LogP contribution >= 0.6 is 22.6 Å². The van der Waals surface area contributed by atoms with Gasteiger partial charge in [-0.2, -0.15) is 5.10 Å². The lowest BCUT2D eigenvalue weighted by atomic mass is 10.3. The number of hydrogen-bond acceptors (Lipinski definition) is 1. The largest absolute Gasteiger partial charge is 0.272 e. The molecule has 1 atom stereocenters. The minimum absolute atomic E-state index is 0.551. The molecule has 1 aromatic heterocycles. The van der Waals surface area contributed by atoms with Crippen molar-refractivity contribution in [2.75, 3.05) is 0 Å². The molecule has 0 aliphatic rings. The van der Waals surface area contributed by atoms with Crippen molar-refractivity contribution in [1.29, 1.82) is 0 Å². The molecule has 0 aromatic carbocycles. The molecular formula is C6H9IN2. The highest BCUT2D eigenvalue weighted by molar-refractivity contribution is 14.1. The Labute approximate surface area is 68.4 Å². The molecule has 0 radical (unpaired) electrons. The fourth-order valence-corrected chi connectivity index (χ4v) is 1.38. The van der Waals surface area contributed by atoms with Crippen molar-refractivity contribution in [2.45, 2.75) is 10.8 Å². The first kappa shape index (κ1) is 7.05. The summed E-state index contributed by atoms with van der Waals surface area (Å²) in [6.45, 7) is 2.15. The van der Waals surface area contributed by atoms with Gasteiger partial charge in [0.25, 0.3) is 0 Å². The van der Waals surface area contributed by atoms with Crippen LogP contribution in [0.2, 0.25) is 0 Å². The first-order chi connectivity index (χ1) is 4.22. The van der Waals surface area contributed by atoms with Gasteiger partial charge in [-0.25, -0.2) is 0 Å². The number of rotatable bonds is 1. The van der Waals surface area contributed by atoms with Gasteiger partial charge in [0.2, 0.25) is 0 Å². The fourth-order valence-electron chi connectivity index (χ4n) is 0.774. The van der Waals surface area contributed by atoms with Crippen LogP contribution in [0, 0.1) is 0 Å². The van der Waals surface area contributed by atoms with E-state index in [0.29, 0.717) is 3.92 Å². The van der Waals surface area contributed by atoms with Crippen LogP contribution in [0.5, 0.6) is 0 Å². The molecule has 3 heteroatoms. The highest BCUT2D eigenvalue weighted by atomic mass is 127. The molecule has 9 heavy (non-hydrogen) atoms. The van der Waals surface area contributed by atoms with Crippen LogP contribution in [-0.4, -0.2) is 9.78 Å². The SMILES string of the molecule is CC(I)c1ccnn1C. The van der Waals surface area contributed by atoms with Gasteiger partial charge in [-0.1, -0.05) is 22.6 Å². The van der Waals surface area contributed by atoms with E-state index in [1.165, 1.54) is 5.69 Å². The van der Waals surface area contributed by atoms with Crippen LogP contribution in [0.1, 0.15) is 16.5 Å². The highest BCUT2D eigenvalue weighted by Crippen LogP contribution is 2.20. The summed E-state index contributed by atoms with van der Waals surface area (Å²) in [4.78, 5) is 0. The Morgan fingerprint density at radius 2 is 2.44 bits per heavy atom. The first-order valence-electron chi connectivity index (χ1n) is 2.84. The van der Waals surface area contributed by atoms with Gasteiger partial charge in [0.15, 0.2) is 0 Å². The summed E-state index contributed by atoms with van der Waals surface area (Å²) in [5.74, 6) is 0. The third-order valence-electron chi connectivity index (χ3n) is 1.27. The van der Waals surface area contributed by atoms with Gasteiger partial charge in [0.1, 0.15) is 0 Å². The van der Waals surface area contributed by atoms with E-state index in [4.69, 9.17) is 0 Å². The maximum atomic E-state index is 4.05. The molecule has 0 amide bonds. The van der Waals surface area contributed by atoms with Gasteiger partial charge >= 0.3 is 0 Å². The minimum atomic E-state index is 0.551. The number of aromatic nitrogens is 2. The molecule has 0 bridgehead atoms. The molecule has 0 saturated carbocycles. The average Bonchev–Trinajstić information content (AvgIpc) is 2.13. The molecule has 0 N–H and O–H groups in total. The third-order valence-corrected chi connectivity index (χ3v) is 1.90. The number of halogens is 1. The van der Waals surface area contributed by atoms with Crippen LogP contribution in [0.15, 0.2) is 12.3 Å². The van der Waals surface area contributed by atoms with E-state index < -0.39 is 0 Å². The van der Waals surface area contributed by atoms with E-state index >= 15 is 0 Å². The summed E-state index contributed by atoms with van der Waals surface area (Å²) in [5, 5.41) is 4.05. The fraction of sp³-hybridized carbons (Fsp3) is 0.500. The molecule has 0 aliphatic heterocycles. The Balaban J connectivity index is 2.94. The summed E-state index contributed by atoms with van der Waals surface area (Å²) in [5.41, 5.74) is 1.27. The first-order valence-corrected chi connectivity index (χ1v) is 4.08. The summed E-state index contributed by atoms with van der Waals surface area (Å²) in [6, 6.07) is 2.04. The predicted octanol–water partition coefficient (Wildman–Crippen LogP) is 1.92. The number of hydrogen-bond donors (Lipinski definition) is 0. The van der Waals surface area contributed by atoms with Crippen molar-refractivity contribution in [2.24, 2.45) is 7.05 Å². The molecule has 0 aliphatic carbocycles. The predicted molar refractivity (Wildman–Crippen MR) is 45.6 cm³/mol. The molecule has 0 fully saturated rings. The van der Waals surface area contributed by atoms with Crippen LogP contribution < -0.4 is 0 Å². The van der Waals surface area contributed by atoms with E-state index in [1.54, 1.807) is 0 Å². The van der Waals surface area contributed by atoms with E-state index in [1.807, 2.05) is 24.0 Å². The van der Waals surface area contributed by atoms with Gasteiger partial charge in [-0.05, 0) is 13.0 Å². The average molecular weight is 236 g/mol. The number of nitrogens with zero attached hydrogens (tertiary/aromatic N) is 2. The monoisotopic (exact) mass is 236 g/mol. The summed E-state index contributed by atoms with van der Waals surface area (Å²) < 4.78 is 2.45. The Kier molecular flexibility index (Phi) is 2.10. The molecule has 0 saturated heterocycles. The summed E-state index contributed by atoms with van der Waals surface area (Å²) >= 11 is 2.37. The van der Waals surface area contributed by atoms with E-state index in [-0.39, 0.29) is 0 Å². The molecule has 50 valence electrons. The quantitative estimate of drug-likeness (QED) is 0.538. The summed E-state index contributed by atoms with van der Waals surface area (Å²) in [6.07, 6.45) is 1.82. The van der Waals surface area contributed by atoms with Gasteiger partial charge in [-0.3, -0.25) is 4.68 Å². The lowest BCUT2D eigenvalue weighted by Gasteiger charge is -2.01. The van der Waals surface area contributed by atoms with Gasteiger partial charge in [0, 0.05) is 13.2 Å². The van der Waals surface area contributed by atoms with Crippen LogP contribution in [0.4, 0.5) is 0 Å². The second-order valence-corrected chi connectivity index (χ2v) is 3.86. The molecule has 1 rings (SSSR count). The zero-order valence-corrected chi connectivity index (χ0v) is 7.66. The normalized spacial score (nSPS) is 13.7. The standard InChI is InChI=1S/C6H9IN2/c1-5(7)6-3-4-8-9(6)2/h3-5H,1-2H3. The zero-order chi connectivity index (χ0) is 6.85. The van der Waals surface area contributed by atoms with Crippen molar-refractivity contribution in [3.05, 3.63) is 18.0 Å². The second kappa shape index (κ2) is 2.68. The molecule has 0 spiro atoms. The van der Waals surface area contributed by atoms with Crippen molar-refractivity contribution >= 4 is 22.6 Å². The van der Waals surface area contributed by atoms with Crippen LogP contribution in [0.25, 0.3) is 0 Å². The molecular weight excluding hydrogens is 227 g/mol. The third kappa shape index (κ3) is 1.44. The number of alkyl halides is 1. The molecule has 1 unspecified atom stereocenters. The Morgan fingerprint density at radius 3 is 2.67 bits per heavy atom. The van der Waals surface area contributed by atoms with E-state index in [2.05, 4.69) is 34.6 Å². The summed E-state index contributed by atoms with van der Waals surface area (Å²) in [7, 11) is 1.96. The Morgan fingerprint density at radius 1 is 1.78 bits per heavy atom. The van der Waals surface area contributed by atoms with Gasteiger partial charge in [0.05, 0.1) is 9.62 Å². The van der Waals surface area contributed by atoms with Gasteiger partial charge < -0.3 is 0 Å². The second-order valence-electron chi connectivity index (χ2n) is 2.00. The highest BCUT2D eigenvalue weighted by Gasteiger charge is 2.02. The molecule has 2 nitrogen and oxygen atoms in total. The zero-order valence-electron chi connectivity index (χ0n) is 5.50. The van der Waals surface area contributed by atoms with E-state index in [9.17, 15) is 0 Å². The topological polar surface area (TPSA) is 17.8 Å². The van der Waals surface area contributed by atoms with Crippen molar-refractivity contribution < 1.29 is 0 Å². The number of aryl methyl sites for hydroxylation is 1. The maximum Gasteiger partial charge on any atom is 0.0506 e. The lowest BCUT2D eigenvalue weighted by molar-refractivity contribution is 0.719. The van der Waals surface area contributed by atoms with Crippen molar-refractivity contribution in [1.82, 2.24) is 9.78 Å². The lowest BCUT2D eigenvalue weighted by Crippen LogP contribution is -1.96. The van der Waals surface area contributed by atoms with Gasteiger partial charge in [-0.15, -0.1) is 0 Å². The van der Waals surface area contributed by atoms with Crippen LogP contribution in [-0.2, 0) is 7.05 Å².